The van der Waals surface area contributed by atoms with Gasteiger partial charge in [0.2, 0.25) is 0 Å². The van der Waals surface area contributed by atoms with Gasteiger partial charge in [-0.05, 0) is 6.42 Å². The summed E-state index contributed by atoms with van der Waals surface area (Å²) in [5.74, 6) is 0.791. The van der Waals surface area contributed by atoms with Gasteiger partial charge in [0.15, 0.2) is 6.54 Å². The molecule has 5 nitrogen and oxygen atoms in total. The van der Waals surface area contributed by atoms with Crippen molar-refractivity contribution in [1.29, 1.82) is 0 Å². The lowest BCUT2D eigenvalue weighted by atomic mass is 10.4. The van der Waals surface area contributed by atoms with Crippen molar-refractivity contribution in [2.45, 2.75) is 40.7 Å². The molecule has 1 aromatic heterocycles. The number of carbonyl (C=O) groups is 1. The second-order valence-electron chi connectivity index (χ2n) is 4.27. The smallest absolute Gasteiger partial charge is 0.348 e. The van der Waals surface area contributed by atoms with Crippen molar-refractivity contribution in [3.63, 3.8) is 0 Å². The van der Waals surface area contributed by atoms with E-state index >= 15 is 0 Å². The van der Waals surface area contributed by atoms with Crippen molar-refractivity contribution in [1.82, 2.24) is 4.57 Å². The summed E-state index contributed by atoms with van der Waals surface area (Å²) >= 11 is 0. The molecule has 0 amide bonds. The van der Waals surface area contributed by atoms with Crippen molar-refractivity contribution in [2.75, 3.05) is 19.8 Å². The van der Waals surface area contributed by atoms with E-state index in [1.165, 1.54) is 0 Å². The number of esters is 1. The van der Waals surface area contributed by atoms with E-state index in [0.29, 0.717) is 13.2 Å². The molecule has 0 fully saturated rings. The van der Waals surface area contributed by atoms with E-state index in [4.69, 9.17) is 9.47 Å². The minimum absolute atomic E-state index is 0. The zero-order valence-corrected chi connectivity index (χ0v) is 11.5. The fraction of sp³-hybridized carbons (Fsp3) is 0.714. The summed E-state index contributed by atoms with van der Waals surface area (Å²) in [6.07, 6.45) is 5.95. The van der Waals surface area contributed by atoms with Gasteiger partial charge in [-0.3, -0.25) is 0 Å². The molecule has 0 saturated heterocycles. The highest BCUT2D eigenvalue weighted by atomic mass is 16.6. The van der Waals surface area contributed by atoms with Gasteiger partial charge in [0.25, 0.3) is 5.82 Å². The quantitative estimate of drug-likeness (QED) is 0.410. The third-order valence-electron chi connectivity index (χ3n) is 2.83. The molecule has 0 aliphatic rings. The lowest BCUT2D eigenvalue weighted by molar-refractivity contribution is -0.677. The van der Waals surface area contributed by atoms with Crippen molar-refractivity contribution >= 4 is 5.97 Å². The van der Waals surface area contributed by atoms with E-state index in [2.05, 4.69) is 6.92 Å². The van der Waals surface area contributed by atoms with Crippen LogP contribution in [-0.4, -0.2) is 30.4 Å². The molecule has 1 aromatic rings. The second-order valence-corrected chi connectivity index (χ2v) is 4.27. The van der Waals surface area contributed by atoms with Gasteiger partial charge in [-0.2, -0.15) is 0 Å². The molecule has 0 aliphatic carbocycles. The number of imidazole rings is 1. The Hall–Kier alpha value is -1.36. The summed E-state index contributed by atoms with van der Waals surface area (Å²) < 4.78 is 14.2. The molecule has 0 N–H and O–H groups in total. The highest BCUT2D eigenvalue weighted by Crippen LogP contribution is 1.94. The Morgan fingerprint density at radius 1 is 1.37 bits per heavy atom. The Morgan fingerprint density at radius 3 is 2.68 bits per heavy atom. The van der Waals surface area contributed by atoms with Gasteiger partial charge in [-0.15, -0.1) is 0 Å². The largest absolute Gasteiger partial charge is 0.460 e. The average Bonchev–Trinajstić information content (AvgIpc) is 2.65. The van der Waals surface area contributed by atoms with Crippen LogP contribution in [0.1, 0.15) is 33.0 Å². The molecule has 5 heteroatoms. The Kier molecular flexibility index (Phi) is 8.87. The summed E-state index contributed by atoms with van der Waals surface area (Å²) in [4.78, 5) is 11.6. The molecule has 1 heterocycles. The Balaban J connectivity index is 0.00000324. The summed E-state index contributed by atoms with van der Waals surface area (Å²) in [6, 6.07) is 0. The standard InChI is InChI=1S/C13H23N2O3.CH4/c1-4-5-8-17-9-10-18-13(16)11-15-7-6-14(3)12(15)2;/h6-7H,4-5,8-11H2,1-3H3;1H4/q+1;. The number of hydrogen-bond donors (Lipinski definition) is 0. The molecule has 0 saturated carbocycles. The van der Waals surface area contributed by atoms with Gasteiger partial charge in [0.1, 0.15) is 19.0 Å². The molecule has 0 bridgehead atoms. The first-order valence-corrected chi connectivity index (χ1v) is 6.40. The van der Waals surface area contributed by atoms with E-state index in [-0.39, 0.29) is 19.9 Å². The Bertz CT molecular complexity index is 375. The molecule has 0 aromatic carbocycles. The van der Waals surface area contributed by atoms with Crippen LogP contribution < -0.4 is 4.57 Å². The first-order valence-electron chi connectivity index (χ1n) is 6.40. The summed E-state index contributed by atoms with van der Waals surface area (Å²) in [6.45, 7) is 5.87. The van der Waals surface area contributed by atoms with E-state index in [1.54, 1.807) is 0 Å². The topological polar surface area (TPSA) is 44.3 Å². The SMILES string of the molecule is C.CCCCOCCOC(=O)Cn1cc[n+](C)c1C. The number of rotatable bonds is 8. The van der Waals surface area contributed by atoms with E-state index in [9.17, 15) is 4.79 Å². The predicted molar refractivity (Wildman–Crippen MR) is 73.8 cm³/mol. The molecule has 0 aliphatic heterocycles. The van der Waals surface area contributed by atoms with Crippen LogP contribution in [0.4, 0.5) is 0 Å². The Morgan fingerprint density at radius 2 is 2.11 bits per heavy atom. The van der Waals surface area contributed by atoms with Gasteiger partial charge >= 0.3 is 5.97 Å². The lowest BCUT2D eigenvalue weighted by Crippen LogP contribution is -2.30. The van der Waals surface area contributed by atoms with Gasteiger partial charge in [-0.25, -0.2) is 13.9 Å². The van der Waals surface area contributed by atoms with Gasteiger partial charge in [0, 0.05) is 13.5 Å². The minimum atomic E-state index is -0.228. The third-order valence-corrected chi connectivity index (χ3v) is 2.83. The fourth-order valence-corrected chi connectivity index (χ4v) is 1.51. The third kappa shape index (κ3) is 6.38. The average molecular weight is 271 g/mol. The fourth-order valence-electron chi connectivity index (χ4n) is 1.51. The summed E-state index contributed by atoms with van der Waals surface area (Å²) in [7, 11) is 1.94. The van der Waals surface area contributed by atoms with Crippen LogP contribution in [0.5, 0.6) is 0 Å². The number of ether oxygens (including phenoxy) is 2. The summed E-state index contributed by atoms with van der Waals surface area (Å²) in [5.41, 5.74) is 0. The molecule has 0 radical (unpaired) electrons. The zero-order chi connectivity index (χ0) is 13.4. The van der Waals surface area contributed by atoms with Crippen LogP contribution in [0.15, 0.2) is 12.4 Å². The van der Waals surface area contributed by atoms with Crippen LogP contribution in [0.3, 0.4) is 0 Å². The highest BCUT2D eigenvalue weighted by molar-refractivity contribution is 5.69. The van der Waals surface area contributed by atoms with Crippen LogP contribution in [-0.2, 0) is 27.9 Å². The first kappa shape index (κ1) is 17.6. The molecule has 0 spiro atoms. The number of nitrogens with zero attached hydrogens (tertiary/aromatic N) is 2. The van der Waals surface area contributed by atoms with Gasteiger partial charge in [-0.1, -0.05) is 20.8 Å². The van der Waals surface area contributed by atoms with Crippen LogP contribution in [0.25, 0.3) is 0 Å². The van der Waals surface area contributed by atoms with Crippen LogP contribution in [0.2, 0.25) is 0 Å². The van der Waals surface area contributed by atoms with Crippen molar-refractivity contribution in [2.24, 2.45) is 7.05 Å². The maximum atomic E-state index is 11.6. The number of hydrogen-bond acceptors (Lipinski definition) is 3. The molecule has 0 unspecified atom stereocenters. The predicted octanol–water partition coefficient (Wildman–Crippen LogP) is 1.62. The summed E-state index contributed by atoms with van der Waals surface area (Å²) in [5, 5.41) is 0. The lowest BCUT2D eigenvalue weighted by Gasteiger charge is -2.05. The van der Waals surface area contributed by atoms with Crippen molar-refractivity contribution < 1.29 is 18.8 Å². The van der Waals surface area contributed by atoms with Crippen molar-refractivity contribution in [3.05, 3.63) is 18.2 Å². The van der Waals surface area contributed by atoms with Gasteiger partial charge < -0.3 is 9.47 Å². The number of aromatic nitrogens is 2. The normalized spacial score (nSPS) is 10.1. The first-order chi connectivity index (χ1) is 8.65. The molecule has 19 heavy (non-hydrogen) atoms. The van der Waals surface area contributed by atoms with E-state index in [1.807, 2.05) is 35.5 Å². The highest BCUT2D eigenvalue weighted by Gasteiger charge is 2.13. The molecular formula is C14H27N2O3+. The maximum Gasteiger partial charge on any atom is 0.348 e. The van der Waals surface area contributed by atoms with Crippen LogP contribution in [0, 0.1) is 6.92 Å². The maximum absolute atomic E-state index is 11.6. The number of unbranched alkanes of at least 4 members (excludes halogenated alkanes) is 1. The van der Waals surface area contributed by atoms with E-state index in [0.717, 1.165) is 25.3 Å². The molecule has 0 atom stereocenters. The minimum Gasteiger partial charge on any atom is -0.460 e. The molecular weight excluding hydrogens is 244 g/mol. The monoisotopic (exact) mass is 271 g/mol. The van der Waals surface area contributed by atoms with Crippen molar-refractivity contribution in [3.8, 4) is 0 Å². The number of carbonyl (C=O) groups excluding carboxylic acids is 1. The Labute approximate surface area is 116 Å². The number of aryl methyl sites for hydroxylation is 1. The second kappa shape index (κ2) is 9.55. The van der Waals surface area contributed by atoms with E-state index < -0.39 is 0 Å². The van der Waals surface area contributed by atoms with Crippen LogP contribution >= 0.6 is 0 Å². The molecule has 110 valence electrons. The van der Waals surface area contributed by atoms with Gasteiger partial charge in [0.05, 0.1) is 13.7 Å². The zero-order valence-electron chi connectivity index (χ0n) is 11.5. The molecule has 1 rings (SSSR count).